The summed E-state index contributed by atoms with van der Waals surface area (Å²) in [6.07, 6.45) is 1.78. The Morgan fingerprint density at radius 2 is 1.48 bits per heavy atom. The molecule has 0 saturated carbocycles. The summed E-state index contributed by atoms with van der Waals surface area (Å²) in [5.41, 5.74) is 8.68. The van der Waals surface area contributed by atoms with Crippen molar-refractivity contribution in [1.82, 2.24) is 9.80 Å². The number of anilines is 2. The number of nitrogen functional groups attached to an aromatic ring is 1. The van der Waals surface area contributed by atoms with E-state index < -0.39 is 0 Å². The van der Waals surface area contributed by atoms with Crippen molar-refractivity contribution in [2.45, 2.75) is 12.8 Å². The first-order chi connectivity index (χ1) is 14.0. The third-order valence-corrected chi connectivity index (χ3v) is 6.05. The van der Waals surface area contributed by atoms with Crippen molar-refractivity contribution in [3.8, 4) is 0 Å². The summed E-state index contributed by atoms with van der Waals surface area (Å²) in [4.78, 5) is 30.9. The van der Waals surface area contributed by atoms with Crippen molar-refractivity contribution in [2.75, 3.05) is 49.9 Å². The van der Waals surface area contributed by atoms with E-state index in [-0.39, 0.29) is 11.8 Å². The van der Waals surface area contributed by atoms with Crippen LogP contribution in [0, 0.1) is 0 Å². The standard InChI is InChI=1S/C22H25ClN4O2/c23-19-8-7-16(15-20(19)24)26-13-11-25(12-14-26)9-3-4-10-27-21(28)17-5-1-2-6-18(17)22(27)29/h1-2,5-8,15H,3-4,9-14,24H2. The van der Waals surface area contributed by atoms with Crippen LogP contribution in [0.2, 0.25) is 5.02 Å². The molecule has 0 aliphatic carbocycles. The zero-order valence-electron chi connectivity index (χ0n) is 16.3. The summed E-state index contributed by atoms with van der Waals surface area (Å²) in [6.45, 7) is 5.31. The molecular formula is C22H25ClN4O2. The number of carbonyl (C=O) groups is 2. The molecule has 1 fully saturated rings. The maximum atomic E-state index is 12.4. The van der Waals surface area contributed by atoms with Gasteiger partial charge in [0.25, 0.3) is 11.8 Å². The number of amides is 2. The highest BCUT2D eigenvalue weighted by atomic mass is 35.5. The lowest BCUT2D eigenvalue weighted by atomic mass is 10.1. The Morgan fingerprint density at radius 1 is 0.862 bits per heavy atom. The van der Waals surface area contributed by atoms with E-state index in [1.807, 2.05) is 18.2 Å². The van der Waals surface area contributed by atoms with E-state index in [1.165, 1.54) is 4.90 Å². The first-order valence-corrected chi connectivity index (χ1v) is 10.4. The molecule has 2 aliphatic heterocycles. The smallest absolute Gasteiger partial charge is 0.261 e. The first kappa shape index (κ1) is 19.7. The molecule has 2 aromatic carbocycles. The highest BCUT2D eigenvalue weighted by molar-refractivity contribution is 6.33. The maximum absolute atomic E-state index is 12.4. The molecule has 29 heavy (non-hydrogen) atoms. The average molecular weight is 413 g/mol. The highest BCUT2D eigenvalue weighted by Crippen LogP contribution is 2.26. The molecule has 6 nitrogen and oxygen atoms in total. The molecule has 0 atom stereocenters. The van der Waals surface area contributed by atoms with Crippen molar-refractivity contribution in [3.05, 3.63) is 58.6 Å². The Balaban J connectivity index is 1.20. The largest absolute Gasteiger partial charge is 0.397 e. The van der Waals surface area contributed by atoms with E-state index in [1.54, 1.807) is 24.3 Å². The summed E-state index contributed by atoms with van der Waals surface area (Å²) in [5, 5.41) is 0.588. The number of hydrogen-bond acceptors (Lipinski definition) is 5. The first-order valence-electron chi connectivity index (χ1n) is 10.0. The Bertz CT molecular complexity index is 890. The summed E-state index contributed by atoms with van der Waals surface area (Å²) >= 11 is 6.01. The predicted octanol–water partition coefficient (Wildman–Crippen LogP) is 3.12. The van der Waals surface area contributed by atoms with E-state index in [2.05, 4.69) is 9.80 Å². The molecule has 2 amide bonds. The van der Waals surface area contributed by atoms with Crippen LogP contribution in [0.15, 0.2) is 42.5 Å². The van der Waals surface area contributed by atoms with Gasteiger partial charge in [-0.05, 0) is 49.7 Å². The van der Waals surface area contributed by atoms with Crippen LogP contribution in [0.1, 0.15) is 33.6 Å². The number of benzene rings is 2. The number of nitrogens with zero attached hydrogens (tertiary/aromatic N) is 3. The van der Waals surface area contributed by atoms with Gasteiger partial charge < -0.3 is 10.6 Å². The molecule has 7 heteroatoms. The quantitative estimate of drug-likeness (QED) is 0.448. The van der Waals surface area contributed by atoms with Gasteiger partial charge in [0.05, 0.1) is 21.8 Å². The van der Waals surface area contributed by atoms with Crippen molar-refractivity contribution < 1.29 is 9.59 Å². The molecule has 2 heterocycles. The van der Waals surface area contributed by atoms with Crippen LogP contribution < -0.4 is 10.6 Å². The van der Waals surface area contributed by atoms with Crippen molar-refractivity contribution in [1.29, 1.82) is 0 Å². The Kier molecular flexibility index (Phi) is 5.74. The van der Waals surface area contributed by atoms with E-state index in [9.17, 15) is 9.59 Å². The third-order valence-electron chi connectivity index (χ3n) is 5.70. The normalized spacial score (nSPS) is 17.1. The van der Waals surface area contributed by atoms with Gasteiger partial charge in [-0.15, -0.1) is 0 Å². The fourth-order valence-electron chi connectivity index (χ4n) is 4.01. The van der Waals surface area contributed by atoms with E-state index in [0.29, 0.717) is 28.4 Å². The fraction of sp³-hybridized carbons (Fsp3) is 0.364. The number of carbonyl (C=O) groups excluding carboxylic acids is 2. The lowest BCUT2D eigenvalue weighted by Crippen LogP contribution is -2.46. The van der Waals surface area contributed by atoms with Gasteiger partial charge in [0.15, 0.2) is 0 Å². The molecule has 2 aliphatic rings. The van der Waals surface area contributed by atoms with E-state index in [4.69, 9.17) is 17.3 Å². The second-order valence-corrected chi connectivity index (χ2v) is 7.96. The molecule has 0 bridgehead atoms. The van der Waals surface area contributed by atoms with Crippen LogP contribution in [0.4, 0.5) is 11.4 Å². The molecule has 152 valence electrons. The van der Waals surface area contributed by atoms with Crippen LogP contribution in [-0.2, 0) is 0 Å². The van der Waals surface area contributed by atoms with Crippen LogP contribution in [-0.4, -0.2) is 60.9 Å². The second kappa shape index (κ2) is 8.43. The SMILES string of the molecule is Nc1cc(N2CCN(CCCCN3C(=O)c4ccccc4C3=O)CC2)ccc1Cl. The van der Waals surface area contributed by atoms with Crippen molar-refractivity contribution in [3.63, 3.8) is 0 Å². The molecule has 1 saturated heterocycles. The molecule has 2 N–H and O–H groups in total. The van der Waals surface area contributed by atoms with Gasteiger partial charge in [0, 0.05) is 38.4 Å². The Labute approximate surface area is 175 Å². The third kappa shape index (κ3) is 4.09. The summed E-state index contributed by atoms with van der Waals surface area (Å²) < 4.78 is 0. The van der Waals surface area contributed by atoms with E-state index >= 15 is 0 Å². The lowest BCUT2D eigenvalue weighted by Gasteiger charge is -2.36. The molecule has 2 aromatic rings. The second-order valence-electron chi connectivity index (χ2n) is 7.55. The minimum atomic E-state index is -0.165. The zero-order valence-corrected chi connectivity index (χ0v) is 17.1. The number of halogens is 1. The predicted molar refractivity (Wildman–Crippen MR) is 116 cm³/mol. The van der Waals surface area contributed by atoms with Gasteiger partial charge in [-0.2, -0.15) is 0 Å². The van der Waals surface area contributed by atoms with Gasteiger partial charge in [0.1, 0.15) is 0 Å². The molecule has 0 aromatic heterocycles. The number of piperazine rings is 1. The van der Waals surface area contributed by atoms with Crippen LogP contribution in [0.5, 0.6) is 0 Å². The minimum absolute atomic E-state index is 0.165. The minimum Gasteiger partial charge on any atom is -0.397 e. The maximum Gasteiger partial charge on any atom is 0.261 e. The number of rotatable bonds is 6. The number of fused-ring (bicyclic) bond motifs is 1. The summed E-state index contributed by atoms with van der Waals surface area (Å²) in [5.74, 6) is -0.331. The number of hydrogen-bond donors (Lipinski definition) is 1. The van der Waals surface area contributed by atoms with Crippen LogP contribution in [0.3, 0.4) is 0 Å². The summed E-state index contributed by atoms with van der Waals surface area (Å²) in [6, 6.07) is 12.8. The lowest BCUT2D eigenvalue weighted by molar-refractivity contribution is 0.0650. The monoisotopic (exact) mass is 412 g/mol. The number of unbranched alkanes of at least 4 members (excludes halogenated alkanes) is 1. The fourth-order valence-corrected chi connectivity index (χ4v) is 4.12. The van der Waals surface area contributed by atoms with Gasteiger partial charge >= 0.3 is 0 Å². The zero-order chi connectivity index (χ0) is 20.4. The number of imide groups is 1. The number of nitrogens with two attached hydrogens (primary N) is 1. The van der Waals surface area contributed by atoms with Gasteiger partial charge in [-0.1, -0.05) is 23.7 Å². The van der Waals surface area contributed by atoms with Gasteiger partial charge in [-0.25, -0.2) is 0 Å². The Morgan fingerprint density at radius 3 is 2.10 bits per heavy atom. The van der Waals surface area contributed by atoms with Crippen LogP contribution in [0.25, 0.3) is 0 Å². The van der Waals surface area contributed by atoms with Gasteiger partial charge in [-0.3, -0.25) is 19.4 Å². The molecule has 0 spiro atoms. The van der Waals surface area contributed by atoms with Crippen molar-refractivity contribution in [2.24, 2.45) is 0 Å². The molecular weight excluding hydrogens is 388 g/mol. The Hall–Kier alpha value is -2.57. The highest BCUT2D eigenvalue weighted by Gasteiger charge is 2.34. The average Bonchev–Trinajstić information content (AvgIpc) is 2.98. The summed E-state index contributed by atoms with van der Waals surface area (Å²) in [7, 11) is 0. The van der Waals surface area contributed by atoms with Crippen molar-refractivity contribution >= 4 is 34.8 Å². The molecule has 0 unspecified atom stereocenters. The van der Waals surface area contributed by atoms with Crippen LogP contribution >= 0.6 is 11.6 Å². The topological polar surface area (TPSA) is 69.9 Å². The van der Waals surface area contributed by atoms with E-state index in [0.717, 1.165) is 51.3 Å². The molecule has 0 radical (unpaired) electrons. The molecule has 4 rings (SSSR count). The van der Waals surface area contributed by atoms with Gasteiger partial charge in [0.2, 0.25) is 0 Å².